The van der Waals surface area contributed by atoms with Gasteiger partial charge in [0.1, 0.15) is 5.72 Å². The van der Waals surface area contributed by atoms with Crippen LogP contribution in [0.4, 0.5) is 0 Å². The average Bonchev–Trinajstić information content (AvgIpc) is 2.16. The number of rotatable bonds is 2. The molecule has 1 N–H and O–H groups in total. The Balaban J connectivity index is 0.000000810. The second kappa shape index (κ2) is 4.16. The van der Waals surface area contributed by atoms with E-state index < -0.39 is 0 Å². The molecule has 2 nitrogen and oxygen atoms in total. The Morgan fingerprint density at radius 3 is 2.70 bits per heavy atom. The topological polar surface area (TPSA) is 21.3 Å². The summed E-state index contributed by atoms with van der Waals surface area (Å²) < 4.78 is 5.47. The summed E-state index contributed by atoms with van der Waals surface area (Å²) in [7, 11) is 0. The fourth-order valence-electron chi connectivity index (χ4n) is 1.28. The van der Waals surface area contributed by atoms with Crippen LogP contribution in [0.15, 0.2) is 0 Å². The summed E-state index contributed by atoms with van der Waals surface area (Å²) in [5.74, 6) is 0. The van der Waals surface area contributed by atoms with E-state index >= 15 is 0 Å². The van der Waals surface area contributed by atoms with E-state index in [1.807, 2.05) is 0 Å². The van der Waals surface area contributed by atoms with Crippen molar-refractivity contribution in [2.45, 2.75) is 32.4 Å². The number of nitrogens with one attached hydrogen (secondary N) is 1. The molecule has 1 heterocycles. The summed E-state index contributed by atoms with van der Waals surface area (Å²) in [6.07, 6.45) is 2.30. The van der Waals surface area contributed by atoms with Gasteiger partial charge in [-0.2, -0.15) is 0 Å². The predicted molar refractivity (Wildman–Crippen MR) is 44.5 cm³/mol. The minimum Gasteiger partial charge on any atom is -0.360 e. The molecule has 1 saturated heterocycles. The van der Waals surface area contributed by atoms with Crippen LogP contribution in [0.3, 0.4) is 0 Å². The van der Waals surface area contributed by atoms with Gasteiger partial charge in [-0.3, -0.25) is 5.32 Å². The highest BCUT2D eigenvalue weighted by molar-refractivity contribution is 5.85. The molecule has 0 aromatic rings. The largest absolute Gasteiger partial charge is 0.360 e. The third-order valence-electron chi connectivity index (χ3n) is 1.75. The van der Waals surface area contributed by atoms with Gasteiger partial charge in [0.15, 0.2) is 0 Å². The fraction of sp³-hybridized carbons (Fsp3) is 1.00. The van der Waals surface area contributed by atoms with Crippen molar-refractivity contribution in [3.05, 3.63) is 0 Å². The number of halogens is 1. The maximum Gasteiger partial charge on any atom is 0.116 e. The van der Waals surface area contributed by atoms with E-state index in [1.165, 1.54) is 6.42 Å². The summed E-state index contributed by atoms with van der Waals surface area (Å²) >= 11 is 0. The summed E-state index contributed by atoms with van der Waals surface area (Å²) in [6, 6.07) is 0. The second-order valence-electron chi connectivity index (χ2n) is 2.76. The highest BCUT2D eigenvalue weighted by atomic mass is 35.5. The minimum absolute atomic E-state index is 0. The quantitative estimate of drug-likeness (QED) is 0.671. The average molecular weight is 166 g/mol. The van der Waals surface area contributed by atoms with Gasteiger partial charge in [0.05, 0.1) is 6.61 Å². The van der Waals surface area contributed by atoms with Gasteiger partial charge in [-0.25, -0.2) is 0 Å². The molecule has 0 aromatic heterocycles. The Kier molecular flexibility index (Phi) is 4.25. The third-order valence-corrected chi connectivity index (χ3v) is 1.75. The molecule has 62 valence electrons. The zero-order valence-corrected chi connectivity index (χ0v) is 7.46. The molecule has 0 aliphatic carbocycles. The molecule has 1 rings (SSSR count). The Labute approximate surface area is 68.7 Å². The Bertz CT molecular complexity index is 91.6. The molecular formula is C7H16ClNO. The maximum absolute atomic E-state index is 5.47. The molecule has 0 bridgehead atoms. The van der Waals surface area contributed by atoms with Gasteiger partial charge < -0.3 is 4.74 Å². The van der Waals surface area contributed by atoms with Crippen molar-refractivity contribution in [1.29, 1.82) is 0 Å². The summed E-state index contributed by atoms with van der Waals surface area (Å²) in [6.45, 7) is 6.17. The van der Waals surface area contributed by atoms with Crippen molar-refractivity contribution in [1.82, 2.24) is 5.32 Å². The molecule has 1 fully saturated rings. The van der Waals surface area contributed by atoms with E-state index in [0.29, 0.717) is 0 Å². The van der Waals surface area contributed by atoms with Gasteiger partial charge in [-0.15, -0.1) is 12.4 Å². The van der Waals surface area contributed by atoms with E-state index in [0.717, 1.165) is 19.6 Å². The van der Waals surface area contributed by atoms with Crippen molar-refractivity contribution in [3.8, 4) is 0 Å². The SMILES string of the molecule is CCCC1(C)NCCO1.Cl. The normalized spacial score (nSPS) is 31.8. The minimum atomic E-state index is -0.00521. The van der Waals surface area contributed by atoms with Crippen molar-refractivity contribution in [2.75, 3.05) is 13.2 Å². The number of ether oxygens (including phenoxy) is 1. The fourth-order valence-corrected chi connectivity index (χ4v) is 1.28. The molecule has 10 heavy (non-hydrogen) atoms. The zero-order valence-electron chi connectivity index (χ0n) is 6.64. The van der Waals surface area contributed by atoms with Crippen LogP contribution >= 0.6 is 12.4 Å². The first kappa shape index (κ1) is 10.2. The third kappa shape index (κ3) is 2.45. The van der Waals surface area contributed by atoms with Crippen molar-refractivity contribution in [2.24, 2.45) is 0 Å². The highest BCUT2D eigenvalue weighted by Gasteiger charge is 2.27. The number of hydrogen-bond acceptors (Lipinski definition) is 2. The highest BCUT2D eigenvalue weighted by Crippen LogP contribution is 2.16. The van der Waals surface area contributed by atoms with E-state index in [1.54, 1.807) is 0 Å². The van der Waals surface area contributed by atoms with E-state index in [-0.39, 0.29) is 18.1 Å². The van der Waals surface area contributed by atoms with E-state index in [2.05, 4.69) is 19.2 Å². The van der Waals surface area contributed by atoms with Gasteiger partial charge in [0, 0.05) is 6.54 Å². The molecule has 0 amide bonds. The molecule has 1 unspecified atom stereocenters. The predicted octanol–water partition coefficient (Wildman–Crippen LogP) is 1.54. The van der Waals surface area contributed by atoms with Gasteiger partial charge in [-0.1, -0.05) is 13.3 Å². The van der Waals surface area contributed by atoms with Crippen LogP contribution in [0.25, 0.3) is 0 Å². The van der Waals surface area contributed by atoms with Crippen molar-refractivity contribution in [3.63, 3.8) is 0 Å². The number of hydrogen-bond donors (Lipinski definition) is 1. The molecule has 0 aromatic carbocycles. The lowest BCUT2D eigenvalue weighted by atomic mass is 10.1. The first-order chi connectivity index (χ1) is 4.27. The molecule has 0 saturated carbocycles. The van der Waals surface area contributed by atoms with E-state index in [9.17, 15) is 0 Å². The van der Waals surface area contributed by atoms with E-state index in [4.69, 9.17) is 4.74 Å². The summed E-state index contributed by atoms with van der Waals surface area (Å²) in [5.41, 5.74) is -0.00521. The molecule has 3 heteroatoms. The Morgan fingerprint density at radius 2 is 2.30 bits per heavy atom. The van der Waals surface area contributed by atoms with Gasteiger partial charge >= 0.3 is 0 Å². The second-order valence-corrected chi connectivity index (χ2v) is 2.76. The molecule has 1 aliphatic rings. The molecule has 1 atom stereocenters. The lowest BCUT2D eigenvalue weighted by molar-refractivity contribution is -0.00102. The van der Waals surface area contributed by atoms with Gasteiger partial charge in [-0.05, 0) is 13.3 Å². The monoisotopic (exact) mass is 165 g/mol. The summed E-state index contributed by atoms with van der Waals surface area (Å²) in [4.78, 5) is 0. The molecular weight excluding hydrogens is 150 g/mol. The first-order valence-electron chi connectivity index (χ1n) is 3.66. The van der Waals surface area contributed by atoms with Crippen LogP contribution < -0.4 is 5.32 Å². The molecule has 0 radical (unpaired) electrons. The molecule has 0 spiro atoms. The van der Waals surface area contributed by atoms with Gasteiger partial charge in [0.2, 0.25) is 0 Å². The zero-order chi connectivity index (χ0) is 6.74. The van der Waals surface area contributed by atoms with Gasteiger partial charge in [0.25, 0.3) is 0 Å². The van der Waals surface area contributed by atoms with Crippen LogP contribution in [0, 0.1) is 0 Å². The van der Waals surface area contributed by atoms with Crippen molar-refractivity contribution < 1.29 is 4.74 Å². The lowest BCUT2D eigenvalue weighted by Gasteiger charge is -2.22. The van der Waals surface area contributed by atoms with Crippen LogP contribution in [0.1, 0.15) is 26.7 Å². The van der Waals surface area contributed by atoms with Crippen LogP contribution in [0.5, 0.6) is 0 Å². The van der Waals surface area contributed by atoms with Crippen LogP contribution in [-0.4, -0.2) is 18.9 Å². The smallest absolute Gasteiger partial charge is 0.116 e. The first-order valence-corrected chi connectivity index (χ1v) is 3.66. The maximum atomic E-state index is 5.47. The van der Waals surface area contributed by atoms with Crippen LogP contribution in [-0.2, 0) is 4.74 Å². The standard InChI is InChI=1S/C7H15NO.ClH/c1-3-4-7(2)8-5-6-9-7;/h8H,3-6H2,1-2H3;1H. The van der Waals surface area contributed by atoms with Crippen LogP contribution in [0.2, 0.25) is 0 Å². The summed E-state index contributed by atoms with van der Waals surface area (Å²) in [5, 5.41) is 3.31. The molecule has 1 aliphatic heterocycles. The lowest BCUT2D eigenvalue weighted by Crippen LogP contribution is -2.37. The Hall–Kier alpha value is 0.210. The Morgan fingerprint density at radius 1 is 1.60 bits per heavy atom. The van der Waals surface area contributed by atoms with Crippen molar-refractivity contribution >= 4 is 12.4 Å².